The van der Waals surface area contributed by atoms with Crippen LogP contribution in [0.3, 0.4) is 0 Å². The smallest absolute Gasteiger partial charge is 0.326 e. The summed E-state index contributed by atoms with van der Waals surface area (Å²) in [4.78, 5) is 17.4. The van der Waals surface area contributed by atoms with Crippen molar-refractivity contribution in [3.05, 3.63) is 0 Å². The van der Waals surface area contributed by atoms with E-state index < -0.39 is 50.2 Å². The third-order valence-electron chi connectivity index (χ3n) is 2.73. The Morgan fingerprint density at radius 3 is 1.38 bits per heavy atom. The summed E-state index contributed by atoms with van der Waals surface area (Å²) in [6.45, 7) is 0. The minimum Gasteiger partial charge on any atom is -0.390 e. The zero-order chi connectivity index (χ0) is 12.7. The first-order valence-corrected chi connectivity index (χ1v) is 6.40. The first kappa shape index (κ1) is 14.0. The number of hydrogen-bond acceptors (Lipinski definition) is 6. The van der Waals surface area contributed by atoms with Crippen molar-refractivity contribution in [3.8, 4) is 0 Å². The molecule has 1 rings (SSSR count). The molecular weight excluding hydrogens is 243 g/mol. The Labute approximate surface area is 90.9 Å². The zero-order valence-corrected chi connectivity index (χ0v) is 9.05. The van der Waals surface area contributed by atoms with Crippen LogP contribution in [0.2, 0.25) is 0 Å². The van der Waals surface area contributed by atoms with Gasteiger partial charge >= 0.3 is 7.60 Å². The molecule has 0 amide bonds. The van der Waals surface area contributed by atoms with Gasteiger partial charge in [0.1, 0.15) is 18.3 Å². The van der Waals surface area contributed by atoms with E-state index in [1.165, 1.54) is 0 Å². The molecule has 9 heteroatoms. The third kappa shape index (κ3) is 2.79. The third-order valence-corrected chi connectivity index (χ3v) is 3.62. The van der Waals surface area contributed by atoms with Gasteiger partial charge in [-0.1, -0.05) is 0 Å². The maximum absolute atomic E-state index is 10.7. The van der Waals surface area contributed by atoms with E-state index in [1.54, 1.807) is 0 Å². The number of aliphatic hydroxyl groups excluding tert-OH is 5. The maximum Gasteiger partial charge on any atom is 0.326 e. The molecule has 1 aliphatic rings. The summed E-state index contributed by atoms with van der Waals surface area (Å²) in [5.41, 5.74) is 0. The lowest BCUT2D eigenvalue weighted by molar-refractivity contribution is -0.199. The topological polar surface area (TPSA) is 159 Å². The van der Waals surface area contributed by atoms with Crippen molar-refractivity contribution in [2.24, 2.45) is 5.92 Å². The highest BCUT2D eigenvalue weighted by molar-refractivity contribution is 7.51. The Kier molecular flexibility index (Phi) is 4.09. The first-order chi connectivity index (χ1) is 7.15. The van der Waals surface area contributed by atoms with Crippen LogP contribution >= 0.6 is 7.60 Å². The van der Waals surface area contributed by atoms with E-state index >= 15 is 0 Å². The van der Waals surface area contributed by atoms with Gasteiger partial charge in [-0.05, 0) is 0 Å². The molecule has 4 atom stereocenters. The number of rotatable bonds is 2. The summed E-state index contributed by atoms with van der Waals surface area (Å²) < 4.78 is 10.7. The van der Waals surface area contributed by atoms with Crippen LogP contribution in [0.4, 0.5) is 0 Å². The van der Waals surface area contributed by atoms with E-state index in [1.807, 2.05) is 0 Å². The Bertz CT molecular complexity index is 274. The molecule has 0 bridgehead atoms. The highest BCUT2D eigenvalue weighted by Gasteiger charge is 2.49. The van der Waals surface area contributed by atoms with Crippen molar-refractivity contribution in [1.29, 1.82) is 0 Å². The molecule has 0 aromatic carbocycles. The Balaban J connectivity index is 2.87. The van der Waals surface area contributed by atoms with Gasteiger partial charge in [-0.25, -0.2) is 0 Å². The standard InChI is InChI=1S/C7H15O8P/c8-3-2(1-16(13,14)15)4(9)6(11)7(12)5(3)10/h2-12H,1H2,(H2,13,14,15). The number of hydrogen-bond donors (Lipinski definition) is 7. The molecule has 96 valence electrons. The summed E-state index contributed by atoms with van der Waals surface area (Å²) in [7, 11) is -4.51. The SMILES string of the molecule is O=P(O)(O)CC1C(O)C(O)C(O)C(O)C1O. The van der Waals surface area contributed by atoms with Gasteiger partial charge in [0.15, 0.2) is 0 Å². The molecule has 4 unspecified atom stereocenters. The highest BCUT2D eigenvalue weighted by Crippen LogP contribution is 2.41. The van der Waals surface area contributed by atoms with E-state index in [9.17, 15) is 30.1 Å². The lowest BCUT2D eigenvalue weighted by atomic mass is 9.79. The van der Waals surface area contributed by atoms with Gasteiger partial charge in [-0.2, -0.15) is 0 Å². The maximum atomic E-state index is 10.7. The fourth-order valence-corrected chi connectivity index (χ4v) is 2.79. The second-order valence-electron chi connectivity index (χ2n) is 3.96. The molecule has 1 fully saturated rings. The molecule has 0 spiro atoms. The Morgan fingerprint density at radius 1 is 0.750 bits per heavy atom. The summed E-state index contributed by atoms with van der Waals surface area (Å²) in [5, 5.41) is 46.6. The van der Waals surface area contributed by atoms with Gasteiger partial charge in [0, 0.05) is 5.92 Å². The van der Waals surface area contributed by atoms with Crippen molar-refractivity contribution in [2.45, 2.75) is 30.5 Å². The quantitative estimate of drug-likeness (QED) is 0.252. The van der Waals surface area contributed by atoms with Crippen molar-refractivity contribution in [2.75, 3.05) is 6.16 Å². The van der Waals surface area contributed by atoms with Gasteiger partial charge in [0.05, 0.1) is 18.4 Å². The molecule has 8 nitrogen and oxygen atoms in total. The normalized spacial score (nSPS) is 45.7. The van der Waals surface area contributed by atoms with E-state index in [0.29, 0.717) is 0 Å². The van der Waals surface area contributed by atoms with Crippen LogP contribution in [-0.4, -0.2) is 72.0 Å². The highest BCUT2D eigenvalue weighted by atomic mass is 31.2. The van der Waals surface area contributed by atoms with E-state index in [2.05, 4.69) is 0 Å². The van der Waals surface area contributed by atoms with Crippen LogP contribution < -0.4 is 0 Å². The Hall–Kier alpha value is -0.0500. The van der Waals surface area contributed by atoms with Crippen LogP contribution in [0.15, 0.2) is 0 Å². The first-order valence-electron chi connectivity index (χ1n) is 4.60. The van der Waals surface area contributed by atoms with Gasteiger partial charge in [-0.3, -0.25) is 4.57 Å². The molecule has 0 aromatic rings. The van der Waals surface area contributed by atoms with Crippen molar-refractivity contribution >= 4 is 7.60 Å². The largest absolute Gasteiger partial charge is 0.390 e. The number of aliphatic hydroxyl groups is 5. The zero-order valence-electron chi connectivity index (χ0n) is 8.16. The van der Waals surface area contributed by atoms with Gasteiger partial charge in [-0.15, -0.1) is 0 Å². The minimum atomic E-state index is -4.51. The minimum absolute atomic E-state index is 0.879. The van der Waals surface area contributed by atoms with Crippen molar-refractivity contribution in [1.82, 2.24) is 0 Å². The molecule has 1 saturated carbocycles. The molecule has 16 heavy (non-hydrogen) atoms. The average molecular weight is 258 g/mol. The molecule has 0 heterocycles. The van der Waals surface area contributed by atoms with Crippen LogP contribution in [0.5, 0.6) is 0 Å². The second kappa shape index (κ2) is 4.67. The summed E-state index contributed by atoms with van der Waals surface area (Å²) >= 11 is 0. The van der Waals surface area contributed by atoms with Crippen molar-refractivity contribution < 1.29 is 39.9 Å². The van der Waals surface area contributed by atoms with Crippen LogP contribution in [-0.2, 0) is 4.57 Å². The second-order valence-corrected chi connectivity index (χ2v) is 5.66. The summed E-state index contributed by atoms with van der Waals surface area (Å²) in [6, 6.07) is 0. The van der Waals surface area contributed by atoms with Gasteiger partial charge < -0.3 is 35.3 Å². The lowest BCUT2D eigenvalue weighted by Gasteiger charge is -2.41. The van der Waals surface area contributed by atoms with Crippen LogP contribution in [0.1, 0.15) is 0 Å². The van der Waals surface area contributed by atoms with Gasteiger partial charge in [0.2, 0.25) is 0 Å². The molecule has 1 aliphatic carbocycles. The predicted molar refractivity (Wildman–Crippen MR) is 50.4 cm³/mol. The molecule has 0 radical (unpaired) electrons. The molecule has 0 aliphatic heterocycles. The summed E-state index contributed by atoms with van der Waals surface area (Å²) in [6.07, 6.45) is -9.55. The van der Waals surface area contributed by atoms with E-state index in [4.69, 9.17) is 9.79 Å². The molecule has 0 aromatic heterocycles. The van der Waals surface area contributed by atoms with Gasteiger partial charge in [0.25, 0.3) is 0 Å². The summed E-state index contributed by atoms with van der Waals surface area (Å²) in [5.74, 6) is -1.39. The monoisotopic (exact) mass is 258 g/mol. The average Bonchev–Trinajstić information content (AvgIpc) is 2.17. The van der Waals surface area contributed by atoms with E-state index in [0.717, 1.165) is 0 Å². The van der Waals surface area contributed by atoms with Crippen LogP contribution in [0.25, 0.3) is 0 Å². The van der Waals surface area contributed by atoms with Crippen LogP contribution in [0, 0.1) is 5.92 Å². The fourth-order valence-electron chi connectivity index (χ4n) is 1.81. The fraction of sp³-hybridized carbons (Fsp3) is 1.00. The van der Waals surface area contributed by atoms with Crippen molar-refractivity contribution in [3.63, 3.8) is 0 Å². The molecule has 7 N–H and O–H groups in total. The predicted octanol–water partition coefficient (Wildman–Crippen LogP) is -3.40. The molecular formula is C7H15O8P. The van der Waals surface area contributed by atoms with E-state index in [-0.39, 0.29) is 0 Å². The Morgan fingerprint density at radius 2 is 1.06 bits per heavy atom. The molecule has 0 saturated heterocycles. The lowest BCUT2D eigenvalue weighted by Crippen LogP contribution is -2.61.